The van der Waals surface area contributed by atoms with Crippen molar-refractivity contribution in [2.75, 3.05) is 0 Å². The summed E-state index contributed by atoms with van der Waals surface area (Å²) in [5, 5.41) is 27.3. The van der Waals surface area contributed by atoms with E-state index in [2.05, 4.69) is 0 Å². The minimum atomic E-state index is -1.49. The van der Waals surface area contributed by atoms with Gasteiger partial charge in [0.25, 0.3) is 0 Å². The van der Waals surface area contributed by atoms with Gasteiger partial charge in [-0.25, -0.2) is 4.39 Å². The molecule has 3 nitrogen and oxygen atoms in total. The Kier molecular flexibility index (Phi) is 3.40. The molecule has 0 spiro atoms. The number of aliphatic hydroxyl groups excluding tert-OH is 2. The molecule has 0 heterocycles. The highest BCUT2D eigenvalue weighted by atomic mass is 19.1. The highest BCUT2D eigenvalue weighted by Gasteiger charge is 2.21. The summed E-state index contributed by atoms with van der Waals surface area (Å²) in [6, 6.07) is 4.06. The number of hydrogen-bond acceptors (Lipinski definition) is 3. The normalized spacial score (nSPS) is 14.4. The highest BCUT2D eigenvalue weighted by molar-refractivity contribution is 5.37. The molecule has 0 aromatic heterocycles. The molecule has 1 aromatic rings. The zero-order valence-electron chi connectivity index (χ0n) is 8.53. The molecule has 0 fully saturated rings. The topological polar surface area (TPSA) is 64.2 Å². The van der Waals surface area contributed by atoms with Crippen molar-refractivity contribution < 1.29 is 14.6 Å². The van der Waals surface area contributed by atoms with Gasteiger partial charge < -0.3 is 10.2 Å². The van der Waals surface area contributed by atoms with Crippen LogP contribution in [0.5, 0.6) is 0 Å². The van der Waals surface area contributed by atoms with E-state index in [1.54, 1.807) is 19.9 Å². The van der Waals surface area contributed by atoms with E-state index in [4.69, 9.17) is 5.26 Å². The zero-order valence-corrected chi connectivity index (χ0v) is 8.53. The van der Waals surface area contributed by atoms with Crippen molar-refractivity contribution in [1.29, 1.82) is 5.26 Å². The number of nitriles is 1. The van der Waals surface area contributed by atoms with Gasteiger partial charge in [-0.15, -0.1) is 0 Å². The second-order valence-corrected chi connectivity index (χ2v) is 3.47. The summed E-state index contributed by atoms with van der Waals surface area (Å²) < 4.78 is 12.9. The first-order valence-corrected chi connectivity index (χ1v) is 4.49. The van der Waals surface area contributed by atoms with E-state index >= 15 is 0 Å². The number of rotatable bonds is 2. The van der Waals surface area contributed by atoms with Gasteiger partial charge in [0.15, 0.2) is 6.10 Å². The minimum Gasteiger partial charge on any atom is -0.385 e. The molecule has 4 heteroatoms. The van der Waals surface area contributed by atoms with Crippen LogP contribution in [0, 0.1) is 31.0 Å². The molecule has 15 heavy (non-hydrogen) atoms. The predicted molar refractivity (Wildman–Crippen MR) is 52.5 cm³/mol. The van der Waals surface area contributed by atoms with Crippen LogP contribution in [-0.4, -0.2) is 16.3 Å². The molecule has 80 valence electrons. The van der Waals surface area contributed by atoms with Gasteiger partial charge in [0.1, 0.15) is 11.9 Å². The van der Waals surface area contributed by atoms with Crippen molar-refractivity contribution in [3.05, 3.63) is 34.6 Å². The van der Waals surface area contributed by atoms with Gasteiger partial charge in [0.2, 0.25) is 0 Å². The maximum Gasteiger partial charge on any atom is 0.170 e. The van der Waals surface area contributed by atoms with E-state index in [0.717, 1.165) is 0 Å². The first-order valence-electron chi connectivity index (χ1n) is 4.49. The number of aliphatic hydroxyl groups is 2. The van der Waals surface area contributed by atoms with Gasteiger partial charge in [-0.1, -0.05) is 0 Å². The van der Waals surface area contributed by atoms with Crippen LogP contribution < -0.4 is 0 Å². The molecule has 0 radical (unpaired) electrons. The molecule has 0 aliphatic rings. The Hall–Kier alpha value is -1.44. The average molecular weight is 209 g/mol. The molecule has 2 atom stereocenters. The summed E-state index contributed by atoms with van der Waals surface area (Å²) in [6.45, 7) is 3.25. The third-order valence-corrected chi connectivity index (χ3v) is 2.29. The average Bonchev–Trinajstić information content (AvgIpc) is 2.14. The monoisotopic (exact) mass is 209 g/mol. The lowest BCUT2D eigenvalue weighted by molar-refractivity contribution is 0.0519. The lowest BCUT2D eigenvalue weighted by Crippen LogP contribution is -2.18. The molecule has 0 amide bonds. The Bertz CT molecular complexity index is 389. The van der Waals surface area contributed by atoms with Crippen molar-refractivity contribution in [2.45, 2.75) is 26.1 Å². The van der Waals surface area contributed by atoms with Gasteiger partial charge >= 0.3 is 0 Å². The zero-order chi connectivity index (χ0) is 11.6. The Morgan fingerprint density at radius 1 is 1.27 bits per heavy atom. The molecule has 0 bridgehead atoms. The molecule has 1 aromatic carbocycles. The van der Waals surface area contributed by atoms with E-state index in [0.29, 0.717) is 16.7 Å². The molecule has 2 unspecified atom stereocenters. The van der Waals surface area contributed by atoms with Crippen LogP contribution in [0.3, 0.4) is 0 Å². The van der Waals surface area contributed by atoms with E-state index in [1.165, 1.54) is 12.1 Å². The third kappa shape index (κ3) is 2.32. The minimum absolute atomic E-state index is 0.396. The van der Waals surface area contributed by atoms with Crippen molar-refractivity contribution in [3.8, 4) is 6.07 Å². The maximum absolute atomic E-state index is 12.9. The lowest BCUT2D eigenvalue weighted by atomic mass is 9.95. The first-order chi connectivity index (χ1) is 6.97. The second kappa shape index (κ2) is 4.39. The van der Waals surface area contributed by atoms with Crippen LogP contribution in [0.15, 0.2) is 12.1 Å². The largest absolute Gasteiger partial charge is 0.385 e. The molecule has 0 aliphatic carbocycles. The maximum atomic E-state index is 12.9. The molecule has 2 N–H and O–H groups in total. The van der Waals surface area contributed by atoms with Crippen LogP contribution in [0.1, 0.15) is 22.8 Å². The number of benzene rings is 1. The second-order valence-electron chi connectivity index (χ2n) is 3.47. The van der Waals surface area contributed by atoms with Gasteiger partial charge in [-0.05, 0) is 42.7 Å². The SMILES string of the molecule is Cc1cc(F)cc(C)c1C(O)C(O)C#N. The smallest absolute Gasteiger partial charge is 0.170 e. The number of halogens is 1. The highest BCUT2D eigenvalue weighted by Crippen LogP contribution is 2.25. The first kappa shape index (κ1) is 11.6. The number of hydrogen-bond donors (Lipinski definition) is 2. The Labute approximate surface area is 87.4 Å². The van der Waals surface area contributed by atoms with E-state index in [9.17, 15) is 14.6 Å². The Morgan fingerprint density at radius 3 is 2.13 bits per heavy atom. The van der Waals surface area contributed by atoms with E-state index in [-0.39, 0.29) is 0 Å². The predicted octanol–water partition coefficient (Wildman–Crippen LogP) is 1.36. The van der Waals surface area contributed by atoms with Crippen LogP contribution in [0.2, 0.25) is 0 Å². The lowest BCUT2D eigenvalue weighted by Gasteiger charge is -2.17. The Balaban J connectivity index is 3.21. The van der Waals surface area contributed by atoms with E-state index < -0.39 is 18.0 Å². The molecule has 0 saturated carbocycles. The van der Waals surface area contributed by atoms with Gasteiger partial charge in [-0.2, -0.15) is 5.26 Å². The number of nitrogens with zero attached hydrogens (tertiary/aromatic N) is 1. The third-order valence-electron chi connectivity index (χ3n) is 2.29. The van der Waals surface area contributed by atoms with Crippen LogP contribution >= 0.6 is 0 Å². The van der Waals surface area contributed by atoms with E-state index in [1.807, 2.05) is 0 Å². The van der Waals surface area contributed by atoms with Crippen molar-refractivity contribution in [3.63, 3.8) is 0 Å². The summed E-state index contributed by atoms with van der Waals surface area (Å²) in [4.78, 5) is 0. The van der Waals surface area contributed by atoms with Crippen molar-refractivity contribution >= 4 is 0 Å². The summed E-state index contributed by atoms with van der Waals surface area (Å²) in [5.74, 6) is -0.396. The van der Waals surface area contributed by atoms with Crippen LogP contribution in [-0.2, 0) is 0 Å². The van der Waals surface area contributed by atoms with Crippen molar-refractivity contribution in [2.24, 2.45) is 0 Å². The van der Waals surface area contributed by atoms with Crippen LogP contribution in [0.25, 0.3) is 0 Å². The van der Waals surface area contributed by atoms with Gasteiger partial charge in [-0.3, -0.25) is 0 Å². The van der Waals surface area contributed by atoms with Gasteiger partial charge in [0, 0.05) is 0 Å². The standard InChI is InChI=1S/C11H12FNO2/c1-6-3-8(12)4-7(2)10(6)11(15)9(14)5-13/h3-4,9,11,14-15H,1-2H3. The quantitative estimate of drug-likeness (QED) is 0.723. The Morgan fingerprint density at radius 2 is 1.73 bits per heavy atom. The summed E-state index contributed by atoms with van der Waals surface area (Å²) in [7, 11) is 0. The summed E-state index contributed by atoms with van der Waals surface area (Å²) in [6.07, 6.45) is -2.79. The fourth-order valence-corrected chi connectivity index (χ4v) is 1.62. The summed E-state index contributed by atoms with van der Waals surface area (Å²) in [5.41, 5.74) is 1.45. The van der Waals surface area contributed by atoms with Crippen molar-refractivity contribution in [1.82, 2.24) is 0 Å². The fourth-order valence-electron chi connectivity index (χ4n) is 1.62. The fraction of sp³-hybridized carbons (Fsp3) is 0.364. The van der Waals surface area contributed by atoms with Gasteiger partial charge in [0.05, 0.1) is 6.07 Å². The molecule has 0 saturated heterocycles. The summed E-state index contributed by atoms with van der Waals surface area (Å²) >= 11 is 0. The molecular weight excluding hydrogens is 197 g/mol. The van der Waals surface area contributed by atoms with Crippen LogP contribution in [0.4, 0.5) is 4.39 Å². The molecule has 0 aliphatic heterocycles. The molecular formula is C11H12FNO2. The molecule has 1 rings (SSSR count). The number of aryl methyl sites for hydroxylation is 2.